The first kappa shape index (κ1) is 14.6. The lowest BCUT2D eigenvalue weighted by atomic mass is 10.3. The van der Waals surface area contributed by atoms with E-state index in [4.69, 9.17) is 11.6 Å². The lowest BCUT2D eigenvalue weighted by molar-refractivity contribution is 0.188. The molecule has 2 N–H and O–H groups in total. The van der Waals surface area contributed by atoms with Gasteiger partial charge in [0.1, 0.15) is 0 Å². The molecule has 0 aliphatic carbocycles. The molecule has 0 bridgehead atoms. The molecule has 2 rings (SSSR count). The van der Waals surface area contributed by atoms with Crippen molar-refractivity contribution in [2.24, 2.45) is 4.99 Å². The highest BCUT2D eigenvalue weighted by Crippen LogP contribution is 2.21. The van der Waals surface area contributed by atoms with E-state index in [9.17, 15) is 5.11 Å². The van der Waals surface area contributed by atoms with E-state index in [-0.39, 0.29) is 6.10 Å². The first-order valence-corrected chi connectivity index (χ1v) is 7.84. The second-order valence-electron chi connectivity index (χ2n) is 4.58. The third kappa shape index (κ3) is 4.37. The fourth-order valence-corrected chi connectivity index (χ4v) is 3.19. The minimum absolute atomic E-state index is 0.222. The van der Waals surface area contributed by atoms with Crippen LogP contribution in [0.2, 0.25) is 4.34 Å². The van der Waals surface area contributed by atoms with Crippen LogP contribution in [0.25, 0.3) is 0 Å². The zero-order valence-corrected chi connectivity index (χ0v) is 12.7. The van der Waals surface area contributed by atoms with Gasteiger partial charge in [0.05, 0.1) is 10.4 Å². The molecule has 1 atom stereocenters. The monoisotopic (exact) mass is 301 g/mol. The molecular formula is C13H20ClN3OS. The van der Waals surface area contributed by atoms with Gasteiger partial charge in [0.15, 0.2) is 5.96 Å². The number of nitrogens with one attached hydrogen (secondary N) is 1. The predicted molar refractivity (Wildman–Crippen MR) is 81.2 cm³/mol. The zero-order valence-electron chi connectivity index (χ0n) is 11.1. The van der Waals surface area contributed by atoms with Gasteiger partial charge in [0, 0.05) is 37.5 Å². The number of hydrogen-bond donors (Lipinski definition) is 2. The molecule has 4 nitrogen and oxygen atoms in total. The van der Waals surface area contributed by atoms with Crippen molar-refractivity contribution in [1.82, 2.24) is 10.2 Å². The Balaban J connectivity index is 1.89. The van der Waals surface area contributed by atoms with Crippen LogP contribution in [0.15, 0.2) is 17.1 Å². The highest BCUT2D eigenvalue weighted by molar-refractivity contribution is 7.16. The van der Waals surface area contributed by atoms with E-state index in [2.05, 4.69) is 28.2 Å². The van der Waals surface area contributed by atoms with E-state index < -0.39 is 0 Å². The van der Waals surface area contributed by atoms with Crippen molar-refractivity contribution in [3.63, 3.8) is 0 Å². The fourth-order valence-electron chi connectivity index (χ4n) is 2.12. The van der Waals surface area contributed by atoms with Crippen LogP contribution in [0.5, 0.6) is 0 Å². The van der Waals surface area contributed by atoms with Gasteiger partial charge in [-0.2, -0.15) is 0 Å². The molecule has 1 fully saturated rings. The van der Waals surface area contributed by atoms with Gasteiger partial charge in [0.2, 0.25) is 0 Å². The number of halogens is 1. The van der Waals surface area contributed by atoms with Crippen molar-refractivity contribution in [3.8, 4) is 0 Å². The highest BCUT2D eigenvalue weighted by Gasteiger charge is 2.22. The molecule has 0 radical (unpaired) electrons. The van der Waals surface area contributed by atoms with Crippen LogP contribution in [-0.4, -0.2) is 48.2 Å². The van der Waals surface area contributed by atoms with Gasteiger partial charge in [-0.25, -0.2) is 0 Å². The Kier molecular flexibility index (Phi) is 5.48. The molecule has 106 valence electrons. The molecule has 1 saturated heterocycles. The number of aliphatic hydroxyl groups excluding tert-OH is 1. The van der Waals surface area contributed by atoms with Crippen LogP contribution < -0.4 is 5.32 Å². The number of hydrogen-bond acceptors (Lipinski definition) is 3. The molecule has 0 amide bonds. The van der Waals surface area contributed by atoms with Crippen molar-refractivity contribution < 1.29 is 5.11 Å². The largest absolute Gasteiger partial charge is 0.391 e. The second-order valence-corrected chi connectivity index (χ2v) is 6.38. The van der Waals surface area contributed by atoms with Gasteiger partial charge in [-0.1, -0.05) is 11.6 Å². The average molecular weight is 302 g/mol. The summed E-state index contributed by atoms with van der Waals surface area (Å²) in [6, 6.07) is 3.97. The van der Waals surface area contributed by atoms with Crippen LogP contribution in [0.1, 0.15) is 18.2 Å². The Hall–Kier alpha value is -0.780. The van der Waals surface area contributed by atoms with Gasteiger partial charge in [0.25, 0.3) is 0 Å². The molecule has 6 heteroatoms. The van der Waals surface area contributed by atoms with E-state index in [0.717, 1.165) is 42.8 Å². The van der Waals surface area contributed by atoms with E-state index in [1.54, 1.807) is 11.3 Å². The normalized spacial score (nSPS) is 20.1. The maximum absolute atomic E-state index is 9.59. The molecule has 1 aromatic rings. The van der Waals surface area contributed by atoms with Crippen molar-refractivity contribution in [2.45, 2.75) is 25.9 Å². The van der Waals surface area contributed by atoms with Gasteiger partial charge in [-0.3, -0.25) is 4.99 Å². The molecule has 0 aromatic carbocycles. The maximum atomic E-state index is 9.59. The predicted octanol–water partition coefficient (Wildman–Crippen LogP) is 1.98. The summed E-state index contributed by atoms with van der Waals surface area (Å²) in [5.74, 6) is 0.904. The van der Waals surface area contributed by atoms with Crippen molar-refractivity contribution in [2.75, 3.05) is 26.2 Å². The molecule has 0 spiro atoms. The van der Waals surface area contributed by atoms with Crippen LogP contribution in [-0.2, 0) is 6.42 Å². The van der Waals surface area contributed by atoms with Crippen LogP contribution in [0, 0.1) is 0 Å². The standard InChI is InChI=1S/C13H20ClN3OS/c1-2-15-13(17-8-6-10(18)9-17)16-7-5-11-3-4-12(14)19-11/h3-4,10,18H,2,5-9H2,1H3,(H,15,16)/t10-/m1/s1. The number of aliphatic imine (C=N–C) groups is 1. The van der Waals surface area contributed by atoms with Gasteiger partial charge >= 0.3 is 0 Å². The van der Waals surface area contributed by atoms with Crippen LogP contribution >= 0.6 is 22.9 Å². The molecule has 1 aliphatic rings. The van der Waals surface area contributed by atoms with E-state index in [1.807, 2.05) is 6.07 Å². The summed E-state index contributed by atoms with van der Waals surface area (Å²) in [6.07, 6.45) is 1.51. The van der Waals surface area contributed by atoms with Crippen LogP contribution in [0.3, 0.4) is 0 Å². The Bertz CT molecular complexity index is 435. The number of thiophene rings is 1. The minimum atomic E-state index is -0.222. The number of guanidine groups is 1. The van der Waals surface area contributed by atoms with Crippen molar-refractivity contribution in [1.29, 1.82) is 0 Å². The summed E-state index contributed by atoms with van der Waals surface area (Å²) in [6.45, 7) is 5.19. The average Bonchev–Trinajstić information content (AvgIpc) is 2.97. The molecular weight excluding hydrogens is 282 g/mol. The van der Waals surface area contributed by atoms with Crippen LogP contribution in [0.4, 0.5) is 0 Å². The maximum Gasteiger partial charge on any atom is 0.194 e. The molecule has 1 aliphatic heterocycles. The van der Waals surface area contributed by atoms with Gasteiger partial charge in [-0.05, 0) is 25.5 Å². The first-order chi connectivity index (χ1) is 9.19. The Morgan fingerprint density at radius 3 is 3.05 bits per heavy atom. The zero-order chi connectivity index (χ0) is 13.7. The minimum Gasteiger partial charge on any atom is -0.391 e. The third-order valence-electron chi connectivity index (χ3n) is 3.05. The molecule has 0 unspecified atom stereocenters. The molecule has 0 saturated carbocycles. The molecule has 19 heavy (non-hydrogen) atoms. The number of aliphatic hydroxyl groups is 1. The summed E-state index contributed by atoms with van der Waals surface area (Å²) in [4.78, 5) is 7.99. The lowest BCUT2D eigenvalue weighted by Gasteiger charge is -2.20. The summed E-state index contributed by atoms with van der Waals surface area (Å²) in [5.41, 5.74) is 0. The Morgan fingerprint density at radius 2 is 2.47 bits per heavy atom. The number of nitrogens with zero attached hydrogens (tertiary/aromatic N) is 2. The molecule has 1 aromatic heterocycles. The van der Waals surface area contributed by atoms with Gasteiger partial charge < -0.3 is 15.3 Å². The van der Waals surface area contributed by atoms with E-state index >= 15 is 0 Å². The molecule has 2 heterocycles. The third-order valence-corrected chi connectivity index (χ3v) is 4.34. The number of rotatable bonds is 4. The topological polar surface area (TPSA) is 47.9 Å². The highest BCUT2D eigenvalue weighted by atomic mass is 35.5. The SMILES string of the molecule is CCNC(=NCCc1ccc(Cl)s1)N1CC[C@@H](O)C1. The Labute approximate surface area is 123 Å². The summed E-state index contributed by atoms with van der Waals surface area (Å²) < 4.78 is 0.827. The summed E-state index contributed by atoms with van der Waals surface area (Å²) in [5, 5.41) is 12.9. The van der Waals surface area contributed by atoms with E-state index in [1.165, 1.54) is 4.88 Å². The fraction of sp³-hybridized carbons (Fsp3) is 0.615. The smallest absolute Gasteiger partial charge is 0.194 e. The number of likely N-dealkylation sites (tertiary alicyclic amines) is 1. The van der Waals surface area contributed by atoms with Gasteiger partial charge in [-0.15, -0.1) is 11.3 Å². The van der Waals surface area contributed by atoms with Crippen molar-refractivity contribution in [3.05, 3.63) is 21.3 Å². The summed E-state index contributed by atoms with van der Waals surface area (Å²) >= 11 is 7.51. The second kappa shape index (κ2) is 7.12. The van der Waals surface area contributed by atoms with Crippen molar-refractivity contribution >= 4 is 28.9 Å². The van der Waals surface area contributed by atoms with E-state index in [0.29, 0.717) is 6.54 Å². The quantitative estimate of drug-likeness (QED) is 0.660. The first-order valence-electron chi connectivity index (χ1n) is 6.64. The summed E-state index contributed by atoms with van der Waals surface area (Å²) in [7, 11) is 0. The lowest BCUT2D eigenvalue weighted by Crippen LogP contribution is -2.40. The number of β-amino-alcohol motifs (C(OH)–C–C–N with tert-alkyl or cyclic N) is 1. The Morgan fingerprint density at radius 1 is 1.63 bits per heavy atom.